The van der Waals surface area contributed by atoms with Gasteiger partial charge in [-0.1, -0.05) is 225 Å². The predicted molar refractivity (Wildman–Crippen MR) is 236 cm³/mol. The van der Waals surface area contributed by atoms with Gasteiger partial charge in [0.2, 0.25) is 0 Å². The molecule has 0 aliphatic heterocycles. The predicted octanol–water partition coefficient (Wildman–Crippen LogP) is 10.4. The van der Waals surface area contributed by atoms with Gasteiger partial charge in [-0.05, 0) is 75.3 Å². The molecule has 0 N–H and O–H groups in total. The highest BCUT2D eigenvalue weighted by Crippen LogP contribution is 2.45. The maximum atomic E-state index is 2.60. The Morgan fingerprint density at radius 1 is 0.302 bits per heavy atom. The Hall–Kier alpha value is -5.81. The van der Waals surface area contributed by atoms with Crippen LogP contribution in [0, 0.1) is 0 Å². The smallest absolute Gasteiger partial charge is 0.0656 e. The lowest BCUT2D eigenvalue weighted by molar-refractivity contribution is 1.64. The molecule has 9 aromatic carbocycles. The fourth-order valence-corrected chi connectivity index (χ4v) is 14.8. The molecule has 0 atom stereocenters. The van der Waals surface area contributed by atoms with E-state index >= 15 is 0 Å². The summed E-state index contributed by atoms with van der Waals surface area (Å²) in [6, 6.07) is 75.5. The fourth-order valence-electron chi connectivity index (χ4n) is 8.66. The number of rotatable bonds is 7. The van der Waals surface area contributed by atoms with Gasteiger partial charge in [-0.3, -0.25) is 0 Å². The lowest BCUT2D eigenvalue weighted by Gasteiger charge is -2.36. The van der Waals surface area contributed by atoms with Crippen LogP contribution in [0.2, 0.25) is 19.6 Å². The van der Waals surface area contributed by atoms with Crippen LogP contribution >= 0.6 is 0 Å². The lowest BCUT2D eigenvalue weighted by Crippen LogP contribution is -2.75. The molecule has 0 saturated heterocycles. The van der Waals surface area contributed by atoms with Gasteiger partial charge in [0.05, 0.1) is 8.07 Å². The van der Waals surface area contributed by atoms with Crippen LogP contribution in [0.1, 0.15) is 0 Å². The van der Waals surface area contributed by atoms with Gasteiger partial charge >= 0.3 is 0 Å². The van der Waals surface area contributed by atoms with E-state index in [1.54, 1.807) is 0 Å². The molecule has 2 heteroatoms. The quantitative estimate of drug-likeness (QED) is 0.0878. The molecule has 0 heterocycles. The van der Waals surface area contributed by atoms with Crippen molar-refractivity contribution in [1.29, 1.82) is 0 Å². The summed E-state index contributed by atoms with van der Waals surface area (Å²) in [7, 11) is -4.60. The molecular weight excluding hydrogens is 669 g/mol. The molecule has 9 rings (SSSR count). The topological polar surface area (TPSA) is 0 Å². The molecule has 0 radical (unpaired) electrons. The third-order valence-electron chi connectivity index (χ3n) is 11.1. The Labute approximate surface area is 315 Å². The molecule has 53 heavy (non-hydrogen) atoms. The Morgan fingerprint density at radius 3 is 1.19 bits per heavy atom. The van der Waals surface area contributed by atoms with Crippen molar-refractivity contribution in [2.75, 3.05) is 0 Å². The van der Waals surface area contributed by atoms with E-state index in [1.165, 1.54) is 80.5 Å². The monoisotopic (exact) mass is 710 g/mol. The Kier molecular flexibility index (Phi) is 8.30. The van der Waals surface area contributed by atoms with Crippen LogP contribution in [0.5, 0.6) is 0 Å². The second kappa shape index (κ2) is 13.3. The zero-order chi connectivity index (χ0) is 36.0. The van der Waals surface area contributed by atoms with Crippen LogP contribution in [0.15, 0.2) is 200 Å². The van der Waals surface area contributed by atoms with Crippen molar-refractivity contribution in [3.05, 3.63) is 200 Å². The van der Waals surface area contributed by atoms with Crippen molar-refractivity contribution in [3.63, 3.8) is 0 Å². The normalized spacial score (nSPS) is 12.1. The summed E-state index contributed by atoms with van der Waals surface area (Å²) in [5.41, 5.74) is 5.21. The van der Waals surface area contributed by atoms with Crippen LogP contribution in [0.25, 0.3) is 54.6 Å². The molecule has 9 aromatic rings. The summed E-state index contributed by atoms with van der Waals surface area (Å²) in [6.45, 7) is 7.48. The molecular formula is C51H42Si2. The summed E-state index contributed by atoms with van der Waals surface area (Å²) in [5.74, 6) is 0. The molecule has 0 amide bonds. The first-order valence-corrected chi connectivity index (χ1v) is 24.2. The van der Waals surface area contributed by atoms with Crippen LogP contribution in [-0.4, -0.2) is 16.1 Å². The third kappa shape index (κ3) is 5.58. The summed E-state index contributed by atoms with van der Waals surface area (Å²) in [5, 5.41) is 14.8. The minimum Gasteiger partial charge on any atom is -0.0656 e. The molecule has 0 unspecified atom stereocenters. The molecule has 0 aliphatic rings. The van der Waals surface area contributed by atoms with E-state index in [2.05, 4.69) is 220 Å². The molecule has 254 valence electrons. The van der Waals surface area contributed by atoms with Gasteiger partial charge in [0.1, 0.15) is 0 Å². The molecule has 0 fully saturated rings. The number of fused-ring (bicyclic) bond motifs is 3. The minimum absolute atomic E-state index is 1.26. The van der Waals surface area contributed by atoms with Crippen molar-refractivity contribution >= 4 is 74.4 Å². The standard InChI is InChI=1S/C51H42Si2/c1-52(2,3)42-34-38(35-43(36-42)53(39-22-7-4-8-23-39,40-24-9-5-10-25-40)41-26-11-6-12-27-41)50-46-29-15-17-31-48(46)51(49-32-18-16-30-47(49)50)45-33-19-21-37-20-13-14-28-44(37)45/h4-36H,1-3H3. The van der Waals surface area contributed by atoms with Crippen molar-refractivity contribution in [2.45, 2.75) is 19.6 Å². The SMILES string of the molecule is C[Si](C)(C)c1cc(-c2c3ccccc3c(-c3cccc4ccccc34)c3ccccc23)cc([Si](c2ccccc2)(c2ccccc2)c2ccccc2)c1. The Morgan fingerprint density at radius 2 is 0.698 bits per heavy atom. The van der Waals surface area contributed by atoms with Crippen molar-refractivity contribution in [3.8, 4) is 22.3 Å². The highest BCUT2D eigenvalue weighted by atomic mass is 28.3. The van der Waals surface area contributed by atoms with Crippen molar-refractivity contribution in [2.24, 2.45) is 0 Å². The van der Waals surface area contributed by atoms with E-state index in [1.807, 2.05) is 0 Å². The number of hydrogen-bond acceptors (Lipinski definition) is 0. The molecule has 0 nitrogen and oxygen atoms in total. The van der Waals surface area contributed by atoms with E-state index in [9.17, 15) is 0 Å². The largest absolute Gasteiger partial charge is 0.179 e. The average molecular weight is 711 g/mol. The van der Waals surface area contributed by atoms with Gasteiger partial charge in [-0.15, -0.1) is 0 Å². The first-order chi connectivity index (χ1) is 25.9. The van der Waals surface area contributed by atoms with Gasteiger partial charge in [-0.25, -0.2) is 0 Å². The third-order valence-corrected chi connectivity index (χ3v) is 17.9. The first kappa shape index (κ1) is 33.1. The second-order valence-electron chi connectivity index (χ2n) is 15.3. The van der Waals surface area contributed by atoms with Gasteiger partial charge < -0.3 is 0 Å². The van der Waals surface area contributed by atoms with Gasteiger partial charge in [0.15, 0.2) is 8.07 Å². The van der Waals surface area contributed by atoms with E-state index in [4.69, 9.17) is 0 Å². The molecule has 0 saturated carbocycles. The maximum absolute atomic E-state index is 2.78. The minimum atomic E-state index is -2.78. The zero-order valence-electron chi connectivity index (χ0n) is 30.6. The van der Waals surface area contributed by atoms with E-state index in [0.29, 0.717) is 0 Å². The molecule has 0 aliphatic carbocycles. The van der Waals surface area contributed by atoms with E-state index < -0.39 is 16.1 Å². The first-order valence-electron chi connectivity index (χ1n) is 18.7. The Balaban J connectivity index is 1.43. The summed E-state index contributed by atoms with van der Waals surface area (Å²) >= 11 is 0. The van der Waals surface area contributed by atoms with E-state index in [0.717, 1.165) is 0 Å². The van der Waals surface area contributed by atoms with Crippen LogP contribution in [-0.2, 0) is 0 Å². The molecule has 0 spiro atoms. The maximum Gasteiger partial charge on any atom is 0.179 e. The van der Waals surface area contributed by atoms with Crippen molar-refractivity contribution in [1.82, 2.24) is 0 Å². The van der Waals surface area contributed by atoms with Crippen LogP contribution in [0.3, 0.4) is 0 Å². The van der Waals surface area contributed by atoms with E-state index in [-0.39, 0.29) is 0 Å². The second-order valence-corrected chi connectivity index (χ2v) is 24.2. The van der Waals surface area contributed by atoms with Crippen LogP contribution in [0.4, 0.5) is 0 Å². The molecule has 0 aromatic heterocycles. The van der Waals surface area contributed by atoms with Crippen LogP contribution < -0.4 is 25.9 Å². The lowest BCUT2D eigenvalue weighted by atomic mass is 9.85. The number of hydrogen-bond donors (Lipinski definition) is 0. The van der Waals surface area contributed by atoms with Gasteiger partial charge in [0, 0.05) is 0 Å². The van der Waals surface area contributed by atoms with Gasteiger partial charge in [0.25, 0.3) is 0 Å². The van der Waals surface area contributed by atoms with Crippen molar-refractivity contribution < 1.29 is 0 Å². The summed E-state index contributed by atoms with van der Waals surface area (Å²) in [4.78, 5) is 0. The fraction of sp³-hybridized carbons (Fsp3) is 0.0588. The summed E-state index contributed by atoms with van der Waals surface area (Å²) < 4.78 is 0. The number of benzene rings is 9. The molecule has 0 bridgehead atoms. The summed E-state index contributed by atoms with van der Waals surface area (Å²) in [6.07, 6.45) is 0. The average Bonchev–Trinajstić information content (AvgIpc) is 3.21. The highest BCUT2D eigenvalue weighted by Gasteiger charge is 2.42. The van der Waals surface area contributed by atoms with Gasteiger partial charge in [-0.2, -0.15) is 0 Å². The highest BCUT2D eigenvalue weighted by molar-refractivity contribution is 7.20. The Bertz CT molecular complexity index is 2590. The zero-order valence-corrected chi connectivity index (χ0v) is 32.6.